The van der Waals surface area contributed by atoms with Gasteiger partial charge in [0.1, 0.15) is 11.5 Å². The predicted molar refractivity (Wildman–Crippen MR) is 191 cm³/mol. The lowest BCUT2D eigenvalue weighted by atomic mass is 9.99. The Bertz CT molecular complexity index is 1410. The fraction of sp³-hybridized carbons (Fsp3) is 0.350. The topological polar surface area (TPSA) is 46.2 Å². The van der Waals surface area contributed by atoms with Crippen LogP contribution in [0.15, 0.2) is 122 Å². The van der Waals surface area contributed by atoms with Gasteiger partial charge in [-0.1, -0.05) is 119 Å². The van der Waals surface area contributed by atoms with E-state index in [0.717, 1.165) is 22.6 Å². The number of methoxy groups -OCH3 is 2. The van der Waals surface area contributed by atoms with E-state index >= 15 is 0 Å². The molecule has 5 nitrogen and oxygen atoms in total. The minimum Gasteiger partial charge on any atom is -0.497 e. The van der Waals surface area contributed by atoms with Crippen molar-refractivity contribution in [1.82, 2.24) is 0 Å². The van der Waals surface area contributed by atoms with Crippen molar-refractivity contribution >= 4 is 18.7 Å². The zero-order valence-electron chi connectivity index (χ0n) is 28.3. The highest BCUT2D eigenvalue weighted by Crippen LogP contribution is 2.37. The van der Waals surface area contributed by atoms with Crippen LogP contribution in [0.25, 0.3) is 0 Å². The van der Waals surface area contributed by atoms with Crippen molar-refractivity contribution in [2.75, 3.05) is 20.8 Å². The van der Waals surface area contributed by atoms with Crippen LogP contribution >= 0.6 is 0 Å². The largest absolute Gasteiger partial charge is 0.497 e. The lowest BCUT2D eigenvalue weighted by Crippen LogP contribution is -2.67. The average Bonchev–Trinajstić information content (AvgIpc) is 3.09. The molecule has 0 amide bonds. The van der Waals surface area contributed by atoms with E-state index in [0.29, 0.717) is 26.2 Å². The summed E-state index contributed by atoms with van der Waals surface area (Å²) in [4.78, 5) is 0. The molecule has 0 unspecified atom stereocenters. The molecule has 0 fully saturated rings. The maximum absolute atomic E-state index is 7.35. The molecule has 0 saturated carbocycles. The maximum atomic E-state index is 7.35. The summed E-state index contributed by atoms with van der Waals surface area (Å²) < 4.78 is 31.4. The van der Waals surface area contributed by atoms with Gasteiger partial charge in [-0.15, -0.1) is 6.58 Å². The maximum Gasteiger partial charge on any atom is 0.261 e. The van der Waals surface area contributed by atoms with Gasteiger partial charge in [-0.3, -0.25) is 0 Å². The summed E-state index contributed by atoms with van der Waals surface area (Å²) in [5.74, 6) is 1.76. The minimum atomic E-state index is -2.77. The first-order valence-electron chi connectivity index (χ1n) is 16.1. The van der Waals surface area contributed by atoms with Crippen molar-refractivity contribution < 1.29 is 23.4 Å². The van der Waals surface area contributed by atoms with E-state index < -0.39 is 8.32 Å². The quantitative estimate of drug-likeness (QED) is 0.0868. The van der Waals surface area contributed by atoms with E-state index in [9.17, 15) is 0 Å². The molecule has 244 valence electrons. The Morgan fingerprint density at radius 3 is 1.54 bits per heavy atom. The summed E-state index contributed by atoms with van der Waals surface area (Å²) >= 11 is 0. The third-order valence-electron chi connectivity index (χ3n) is 8.62. The SMILES string of the molecule is C=C[C@@H](C)[C@@H](C[C@H](CO[Si](c1ccccc1)(c1ccccc1)C(C)(C)C)OCc1ccc(OC)cc1)OCc1ccc(OC)cc1. The highest BCUT2D eigenvalue weighted by Gasteiger charge is 2.50. The van der Waals surface area contributed by atoms with Gasteiger partial charge in [0.25, 0.3) is 8.32 Å². The zero-order valence-corrected chi connectivity index (χ0v) is 29.3. The Kier molecular flexibility index (Phi) is 12.8. The summed E-state index contributed by atoms with van der Waals surface area (Å²) in [5.41, 5.74) is 2.16. The first-order valence-corrected chi connectivity index (χ1v) is 18.0. The first-order chi connectivity index (χ1) is 22.2. The van der Waals surface area contributed by atoms with E-state index in [4.69, 9.17) is 23.4 Å². The molecule has 0 bridgehead atoms. The van der Waals surface area contributed by atoms with Gasteiger partial charge in [-0.05, 0) is 50.8 Å². The molecule has 0 aliphatic heterocycles. The summed E-state index contributed by atoms with van der Waals surface area (Å²) in [6.45, 7) is 14.5. The van der Waals surface area contributed by atoms with Crippen LogP contribution in [-0.4, -0.2) is 41.4 Å². The predicted octanol–water partition coefficient (Wildman–Crippen LogP) is 7.96. The summed E-state index contributed by atoms with van der Waals surface area (Å²) in [5, 5.41) is 2.35. The summed E-state index contributed by atoms with van der Waals surface area (Å²) in [7, 11) is 0.583. The monoisotopic (exact) mass is 638 g/mol. The molecule has 4 rings (SSSR count). The van der Waals surface area contributed by atoms with Crippen LogP contribution in [0.2, 0.25) is 5.04 Å². The molecule has 46 heavy (non-hydrogen) atoms. The smallest absolute Gasteiger partial charge is 0.261 e. The molecule has 0 heterocycles. The average molecular weight is 639 g/mol. The number of rotatable bonds is 17. The second kappa shape index (κ2) is 16.8. The second-order valence-corrected chi connectivity index (χ2v) is 17.1. The van der Waals surface area contributed by atoms with Crippen LogP contribution in [0.5, 0.6) is 11.5 Å². The molecule has 3 atom stereocenters. The van der Waals surface area contributed by atoms with Crippen molar-refractivity contribution in [3.8, 4) is 11.5 Å². The highest BCUT2D eigenvalue weighted by atomic mass is 28.4. The summed E-state index contributed by atoms with van der Waals surface area (Å²) in [6.07, 6.45) is 2.26. The van der Waals surface area contributed by atoms with Crippen LogP contribution < -0.4 is 19.8 Å². The van der Waals surface area contributed by atoms with E-state index in [1.54, 1.807) is 14.2 Å². The first kappa shape index (κ1) is 35.2. The van der Waals surface area contributed by atoms with Gasteiger partial charge in [-0.25, -0.2) is 0 Å². The molecular weight excluding hydrogens is 589 g/mol. The molecule has 0 radical (unpaired) electrons. The van der Waals surface area contributed by atoms with Gasteiger partial charge < -0.3 is 23.4 Å². The van der Waals surface area contributed by atoms with Gasteiger partial charge in [0.2, 0.25) is 0 Å². The number of hydrogen-bond acceptors (Lipinski definition) is 5. The van der Waals surface area contributed by atoms with Gasteiger partial charge in [0, 0.05) is 12.3 Å². The fourth-order valence-corrected chi connectivity index (χ4v) is 10.5. The van der Waals surface area contributed by atoms with Crippen LogP contribution in [0.4, 0.5) is 0 Å². The molecule has 6 heteroatoms. The Labute approximate surface area is 277 Å². The lowest BCUT2D eigenvalue weighted by Gasteiger charge is -2.44. The molecule has 0 aliphatic rings. The molecule has 0 saturated heterocycles. The highest BCUT2D eigenvalue weighted by molar-refractivity contribution is 6.99. The Balaban J connectivity index is 1.64. The van der Waals surface area contributed by atoms with E-state index in [-0.39, 0.29) is 23.2 Å². The zero-order chi connectivity index (χ0) is 33.0. The molecule has 4 aromatic carbocycles. The second-order valence-electron chi connectivity index (χ2n) is 12.8. The van der Waals surface area contributed by atoms with Crippen LogP contribution in [-0.2, 0) is 27.1 Å². The molecule has 0 aliphatic carbocycles. The van der Waals surface area contributed by atoms with Crippen LogP contribution in [0.1, 0.15) is 45.2 Å². The van der Waals surface area contributed by atoms with Crippen molar-refractivity contribution in [1.29, 1.82) is 0 Å². The van der Waals surface area contributed by atoms with Gasteiger partial charge in [0.05, 0.1) is 46.2 Å². The standard InChI is InChI=1S/C40H50O5Si/c1-8-31(2)39(44-29-33-21-25-35(42-7)26-22-33)27-36(43-28-32-19-23-34(41-6)24-20-32)30-45-46(40(3,4)5,37-15-11-9-12-16-37)38-17-13-10-14-18-38/h8-26,31,36,39H,1,27-30H2,2-7H3/t31-,36-,39-/m1/s1. The van der Waals surface area contributed by atoms with Gasteiger partial charge in [0.15, 0.2) is 0 Å². The normalized spacial score (nSPS) is 13.9. The molecule has 0 aromatic heterocycles. The number of hydrogen-bond donors (Lipinski definition) is 0. The van der Waals surface area contributed by atoms with Crippen molar-refractivity contribution in [2.24, 2.45) is 5.92 Å². The van der Waals surface area contributed by atoms with Crippen LogP contribution in [0.3, 0.4) is 0 Å². The van der Waals surface area contributed by atoms with E-state index in [2.05, 4.69) is 94.9 Å². The van der Waals surface area contributed by atoms with E-state index in [1.165, 1.54) is 10.4 Å². The molecule has 0 N–H and O–H groups in total. The fourth-order valence-electron chi connectivity index (χ4n) is 5.87. The Morgan fingerprint density at radius 1 is 0.674 bits per heavy atom. The van der Waals surface area contributed by atoms with Gasteiger partial charge in [-0.2, -0.15) is 0 Å². The molecular formula is C40H50O5Si. The molecule has 4 aromatic rings. The Morgan fingerprint density at radius 2 is 1.13 bits per heavy atom. The Hall–Kier alpha value is -3.68. The lowest BCUT2D eigenvalue weighted by molar-refractivity contribution is -0.0564. The van der Waals surface area contributed by atoms with E-state index in [1.807, 2.05) is 54.6 Å². The van der Waals surface area contributed by atoms with Crippen LogP contribution in [0, 0.1) is 5.92 Å². The third kappa shape index (κ3) is 8.98. The molecule has 0 spiro atoms. The van der Waals surface area contributed by atoms with Crippen molar-refractivity contribution in [3.05, 3.63) is 133 Å². The number of ether oxygens (including phenoxy) is 4. The summed E-state index contributed by atoms with van der Waals surface area (Å²) in [6, 6.07) is 37.5. The van der Waals surface area contributed by atoms with Crippen molar-refractivity contribution in [2.45, 2.75) is 64.6 Å². The number of benzene rings is 4. The van der Waals surface area contributed by atoms with Crippen molar-refractivity contribution in [3.63, 3.8) is 0 Å². The third-order valence-corrected chi connectivity index (χ3v) is 13.6. The minimum absolute atomic E-state index is 0.109. The van der Waals surface area contributed by atoms with Gasteiger partial charge >= 0.3 is 0 Å².